The molecule has 0 aromatic heterocycles. The first-order valence-corrected chi connectivity index (χ1v) is 7.97. The highest BCUT2D eigenvalue weighted by molar-refractivity contribution is 7.88. The zero-order valence-electron chi connectivity index (χ0n) is 11.2. The lowest BCUT2D eigenvalue weighted by Gasteiger charge is -2.32. The number of hydrogen-bond donors (Lipinski definition) is 2. The minimum Gasteiger partial charge on any atom is -0.465 e. The van der Waals surface area contributed by atoms with Gasteiger partial charge in [0.1, 0.15) is 0 Å². The molecule has 20 heavy (non-hydrogen) atoms. The van der Waals surface area contributed by atoms with Crippen LogP contribution >= 0.6 is 0 Å². The summed E-state index contributed by atoms with van der Waals surface area (Å²) in [4.78, 5) is 11.3. The van der Waals surface area contributed by atoms with Gasteiger partial charge in [-0.05, 0) is 30.5 Å². The molecule has 1 aliphatic carbocycles. The Morgan fingerprint density at radius 3 is 2.45 bits per heavy atom. The number of carbonyl (C=O) groups excluding carboxylic acids is 1. The van der Waals surface area contributed by atoms with E-state index >= 15 is 0 Å². The van der Waals surface area contributed by atoms with E-state index < -0.39 is 16.0 Å². The van der Waals surface area contributed by atoms with Crippen molar-refractivity contribution in [2.75, 3.05) is 7.11 Å². The number of ether oxygens (including phenoxy) is 1. The maximum atomic E-state index is 11.9. The number of nitrogens with two attached hydrogens (primary N) is 1. The van der Waals surface area contributed by atoms with Crippen molar-refractivity contribution in [2.24, 2.45) is 5.73 Å². The second-order valence-electron chi connectivity index (χ2n) is 4.99. The molecule has 1 aromatic carbocycles. The van der Waals surface area contributed by atoms with Crippen LogP contribution in [-0.4, -0.2) is 33.6 Å². The van der Waals surface area contributed by atoms with E-state index in [9.17, 15) is 13.2 Å². The third-order valence-corrected chi connectivity index (χ3v) is 4.66. The van der Waals surface area contributed by atoms with Crippen molar-refractivity contribution in [3.63, 3.8) is 0 Å². The number of sulfonamides is 1. The second kappa shape index (κ2) is 5.90. The first-order valence-electron chi connectivity index (χ1n) is 6.32. The highest BCUT2D eigenvalue weighted by atomic mass is 32.2. The van der Waals surface area contributed by atoms with E-state index in [0.717, 1.165) is 0 Å². The molecule has 1 saturated carbocycles. The fraction of sp³-hybridized carbons (Fsp3) is 0.462. The summed E-state index contributed by atoms with van der Waals surface area (Å²) < 4.78 is 31.1. The van der Waals surface area contributed by atoms with E-state index in [1.807, 2.05) is 0 Å². The first-order chi connectivity index (χ1) is 9.39. The van der Waals surface area contributed by atoms with Crippen LogP contribution in [0.3, 0.4) is 0 Å². The Balaban J connectivity index is 1.96. The number of carbonyl (C=O) groups is 1. The molecule has 110 valence electrons. The molecule has 3 N–H and O–H groups in total. The van der Waals surface area contributed by atoms with Crippen LogP contribution in [0.2, 0.25) is 0 Å². The van der Waals surface area contributed by atoms with Gasteiger partial charge in [0, 0.05) is 12.1 Å². The Morgan fingerprint density at radius 1 is 1.35 bits per heavy atom. The lowest BCUT2D eigenvalue weighted by atomic mass is 9.89. The van der Waals surface area contributed by atoms with Gasteiger partial charge in [-0.25, -0.2) is 17.9 Å². The van der Waals surface area contributed by atoms with Gasteiger partial charge in [-0.1, -0.05) is 12.1 Å². The van der Waals surface area contributed by atoms with Crippen LogP contribution in [0.4, 0.5) is 0 Å². The number of hydrogen-bond acceptors (Lipinski definition) is 5. The topological polar surface area (TPSA) is 98.5 Å². The SMILES string of the molecule is COC(=O)c1ccc(CS(=O)(=O)NC2CC(N)C2)cc1. The maximum absolute atomic E-state index is 11.9. The van der Waals surface area contributed by atoms with Crippen LogP contribution in [0, 0.1) is 0 Å². The molecule has 0 bridgehead atoms. The lowest BCUT2D eigenvalue weighted by molar-refractivity contribution is 0.0600. The molecule has 0 spiro atoms. The van der Waals surface area contributed by atoms with E-state index in [-0.39, 0.29) is 17.8 Å². The van der Waals surface area contributed by atoms with Crippen molar-refractivity contribution in [3.05, 3.63) is 35.4 Å². The van der Waals surface area contributed by atoms with Crippen LogP contribution in [-0.2, 0) is 20.5 Å². The van der Waals surface area contributed by atoms with Crippen LogP contribution in [0.15, 0.2) is 24.3 Å². The molecule has 0 radical (unpaired) electrons. The van der Waals surface area contributed by atoms with Crippen LogP contribution in [0.5, 0.6) is 0 Å². The summed E-state index contributed by atoms with van der Waals surface area (Å²) in [6, 6.07) is 6.37. The Kier molecular flexibility index (Phi) is 4.42. The Labute approximate surface area is 118 Å². The van der Waals surface area contributed by atoms with Gasteiger partial charge in [0.25, 0.3) is 0 Å². The van der Waals surface area contributed by atoms with Crippen LogP contribution < -0.4 is 10.5 Å². The molecule has 0 amide bonds. The minimum atomic E-state index is -3.38. The third kappa shape index (κ3) is 3.78. The van der Waals surface area contributed by atoms with Gasteiger partial charge < -0.3 is 10.5 Å². The summed E-state index contributed by atoms with van der Waals surface area (Å²) in [6.07, 6.45) is 1.36. The number of rotatable bonds is 5. The molecule has 2 rings (SSSR count). The van der Waals surface area contributed by atoms with Gasteiger partial charge in [0.05, 0.1) is 18.4 Å². The number of methoxy groups -OCH3 is 1. The molecule has 0 atom stereocenters. The largest absolute Gasteiger partial charge is 0.465 e. The van der Waals surface area contributed by atoms with Gasteiger partial charge in [0.2, 0.25) is 10.0 Å². The van der Waals surface area contributed by atoms with Crippen molar-refractivity contribution < 1.29 is 17.9 Å². The van der Waals surface area contributed by atoms with Crippen molar-refractivity contribution in [1.82, 2.24) is 4.72 Å². The molecule has 0 saturated heterocycles. The van der Waals surface area contributed by atoms with Gasteiger partial charge in [0.15, 0.2) is 0 Å². The van der Waals surface area contributed by atoms with Gasteiger partial charge in [-0.15, -0.1) is 0 Å². The normalized spacial score (nSPS) is 22.1. The molecule has 1 fully saturated rings. The summed E-state index contributed by atoms with van der Waals surface area (Å²) in [6.45, 7) is 0. The van der Waals surface area contributed by atoms with Gasteiger partial charge in [-0.3, -0.25) is 0 Å². The summed E-state index contributed by atoms with van der Waals surface area (Å²) in [7, 11) is -2.08. The Hall–Kier alpha value is -1.44. The molecule has 1 aromatic rings. The van der Waals surface area contributed by atoms with Crippen molar-refractivity contribution in [3.8, 4) is 0 Å². The highest BCUT2D eigenvalue weighted by Gasteiger charge is 2.29. The standard InChI is InChI=1S/C13H18N2O4S/c1-19-13(16)10-4-2-9(3-5-10)8-20(17,18)15-12-6-11(14)7-12/h2-5,11-12,15H,6-8,14H2,1H3. The zero-order chi connectivity index (χ0) is 14.8. The van der Waals surface area contributed by atoms with Crippen molar-refractivity contribution in [1.29, 1.82) is 0 Å². The molecule has 1 aliphatic rings. The smallest absolute Gasteiger partial charge is 0.337 e. The Bertz CT molecular complexity index is 577. The van der Waals surface area contributed by atoms with Gasteiger partial charge >= 0.3 is 5.97 Å². The first kappa shape index (κ1) is 15.0. The lowest BCUT2D eigenvalue weighted by Crippen LogP contribution is -2.50. The highest BCUT2D eigenvalue weighted by Crippen LogP contribution is 2.19. The number of nitrogens with one attached hydrogen (secondary N) is 1. The van der Waals surface area contributed by atoms with E-state index in [4.69, 9.17) is 5.73 Å². The van der Waals surface area contributed by atoms with Crippen molar-refractivity contribution >= 4 is 16.0 Å². The second-order valence-corrected chi connectivity index (χ2v) is 6.75. The molecular weight excluding hydrogens is 280 g/mol. The van der Waals surface area contributed by atoms with E-state index in [1.165, 1.54) is 7.11 Å². The summed E-state index contributed by atoms with van der Waals surface area (Å²) in [5, 5.41) is 0. The predicted molar refractivity (Wildman–Crippen MR) is 74.5 cm³/mol. The quantitative estimate of drug-likeness (QED) is 0.766. The number of esters is 1. The van der Waals surface area contributed by atoms with Crippen LogP contribution in [0.25, 0.3) is 0 Å². The maximum Gasteiger partial charge on any atom is 0.337 e. The predicted octanol–water partition coefficient (Wildman–Crippen LogP) is 0.382. The van der Waals surface area contributed by atoms with Gasteiger partial charge in [-0.2, -0.15) is 0 Å². The fourth-order valence-corrected chi connectivity index (χ4v) is 3.54. The zero-order valence-corrected chi connectivity index (χ0v) is 12.0. The average molecular weight is 298 g/mol. The summed E-state index contributed by atoms with van der Waals surface area (Å²) in [5.41, 5.74) is 6.63. The molecule has 0 aliphatic heterocycles. The van der Waals surface area contributed by atoms with E-state index in [0.29, 0.717) is 24.0 Å². The fourth-order valence-electron chi connectivity index (χ4n) is 2.13. The molecule has 6 nitrogen and oxygen atoms in total. The minimum absolute atomic E-state index is 0.0515. The summed E-state index contributed by atoms with van der Waals surface area (Å²) in [5.74, 6) is -0.554. The monoisotopic (exact) mass is 298 g/mol. The van der Waals surface area contributed by atoms with E-state index in [1.54, 1.807) is 24.3 Å². The Morgan fingerprint density at radius 2 is 1.95 bits per heavy atom. The third-order valence-electron chi connectivity index (χ3n) is 3.25. The van der Waals surface area contributed by atoms with E-state index in [2.05, 4.69) is 9.46 Å². The van der Waals surface area contributed by atoms with Crippen LogP contribution in [0.1, 0.15) is 28.8 Å². The van der Waals surface area contributed by atoms with Crippen molar-refractivity contribution in [2.45, 2.75) is 30.7 Å². The molecular formula is C13H18N2O4S. The number of benzene rings is 1. The summed E-state index contributed by atoms with van der Waals surface area (Å²) >= 11 is 0. The average Bonchev–Trinajstić information content (AvgIpc) is 2.36. The molecule has 0 heterocycles. The molecule has 7 heteroatoms. The molecule has 0 unspecified atom stereocenters.